The van der Waals surface area contributed by atoms with Crippen molar-refractivity contribution in [2.75, 3.05) is 0 Å². The summed E-state index contributed by atoms with van der Waals surface area (Å²) in [6, 6.07) is 0. The topological polar surface area (TPSA) is 26.3 Å². The Hall–Kier alpha value is -1.05. The maximum Gasteiger partial charge on any atom is 0.306 e. The van der Waals surface area contributed by atoms with E-state index in [9.17, 15) is 4.79 Å². The summed E-state index contributed by atoms with van der Waals surface area (Å²) in [4.78, 5) is 12.8. The van der Waals surface area contributed by atoms with Gasteiger partial charge in [-0.1, -0.05) is 136 Å². The van der Waals surface area contributed by atoms with Crippen molar-refractivity contribution in [3.63, 3.8) is 0 Å². The van der Waals surface area contributed by atoms with Crippen molar-refractivity contribution in [3.8, 4) is 0 Å². The number of esters is 1. The molecule has 2 nitrogen and oxygen atoms in total. The normalized spacial score (nSPS) is 32.6. The highest BCUT2D eigenvalue weighted by molar-refractivity contribution is 5.69. The van der Waals surface area contributed by atoms with E-state index in [2.05, 4.69) is 59.8 Å². The summed E-state index contributed by atoms with van der Waals surface area (Å²) in [5, 5.41) is 0. The molecule has 4 rings (SSSR count). The predicted molar refractivity (Wildman–Crippen MR) is 202 cm³/mol. The molecule has 0 N–H and O–H groups in total. The van der Waals surface area contributed by atoms with Crippen LogP contribution in [0.3, 0.4) is 0 Å². The van der Waals surface area contributed by atoms with Crippen LogP contribution < -0.4 is 0 Å². The van der Waals surface area contributed by atoms with E-state index in [0.717, 1.165) is 61.2 Å². The minimum atomic E-state index is 0.0541. The Kier molecular flexibility index (Phi) is 16.0. The van der Waals surface area contributed by atoms with Crippen molar-refractivity contribution in [2.24, 2.45) is 46.3 Å². The average Bonchev–Trinajstić information content (AvgIpc) is 3.40. The number of ether oxygens (including phenoxy) is 1. The van der Waals surface area contributed by atoms with Gasteiger partial charge in [0.1, 0.15) is 6.10 Å². The maximum atomic E-state index is 12.8. The van der Waals surface area contributed by atoms with Gasteiger partial charge in [0.05, 0.1) is 0 Å². The van der Waals surface area contributed by atoms with Crippen LogP contribution in [0.4, 0.5) is 0 Å². The van der Waals surface area contributed by atoms with Gasteiger partial charge in [0.2, 0.25) is 0 Å². The van der Waals surface area contributed by atoms with Crippen molar-refractivity contribution in [1.82, 2.24) is 0 Å². The third kappa shape index (κ3) is 10.7. The van der Waals surface area contributed by atoms with Gasteiger partial charge in [-0.15, -0.1) is 0 Å². The molecule has 4 aliphatic carbocycles. The van der Waals surface area contributed by atoms with E-state index in [1.807, 2.05) is 0 Å². The summed E-state index contributed by atoms with van der Waals surface area (Å²) in [5.74, 6) is 5.31. The molecular weight excluding hydrogens is 572 g/mol. The van der Waals surface area contributed by atoms with Crippen LogP contribution in [0.1, 0.15) is 202 Å². The van der Waals surface area contributed by atoms with E-state index in [-0.39, 0.29) is 12.1 Å². The molecule has 0 heterocycles. The second kappa shape index (κ2) is 19.4. The zero-order valence-electron chi connectivity index (χ0n) is 32.3. The maximum absolute atomic E-state index is 12.8. The second-order valence-electron chi connectivity index (χ2n) is 18.0. The first kappa shape index (κ1) is 38.7. The van der Waals surface area contributed by atoms with E-state index in [1.54, 1.807) is 5.57 Å². The molecule has 3 saturated carbocycles. The molecule has 0 aromatic rings. The number of rotatable bonds is 21. The van der Waals surface area contributed by atoms with Crippen molar-refractivity contribution < 1.29 is 9.53 Å². The minimum Gasteiger partial charge on any atom is -0.462 e. The molecule has 0 aromatic carbocycles. The molecule has 0 radical (unpaired) electrons. The summed E-state index contributed by atoms with van der Waals surface area (Å²) in [7, 11) is 0. The third-order valence-corrected chi connectivity index (χ3v) is 14.2. The molecule has 2 heteroatoms. The van der Waals surface area contributed by atoms with Crippen LogP contribution >= 0.6 is 0 Å². The van der Waals surface area contributed by atoms with Gasteiger partial charge in [0.15, 0.2) is 0 Å². The highest BCUT2D eigenvalue weighted by Gasteiger charge is 2.59. The molecule has 270 valence electrons. The number of carbonyl (C=O) groups is 1. The lowest BCUT2D eigenvalue weighted by Crippen LogP contribution is -2.51. The fraction of sp³-hybridized carbons (Fsp3) is 0.889. The third-order valence-electron chi connectivity index (χ3n) is 14.2. The largest absolute Gasteiger partial charge is 0.462 e. The lowest BCUT2D eigenvalue weighted by Gasteiger charge is -2.58. The Balaban J connectivity index is 1.12. The van der Waals surface area contributed by atoms with Crippen LogP contribution in [0.5, 0.6) is 0 Å². The van der Waals surface area contributed by atoms with E-state index < -0.39 is 0 Å². The van der Waals surface area contributed by atoms with E-state index >= 15 is 0 Å². The number of carbonyl (C=O) groups excluding carboxylic acids is 1. The molecule has 47 heavy (non-hydrogen) atoms. The van der Waals surface area contributed by atoms with E-state index in [4.69, 9.17) is 4.74 Å². The molecular formula is C45H78O2. The molecule has 0 unspecified atom stereocenters. The summed E-state index contributed by atoms with van der Waals surface area (Å²) in [6.45, 7) is 14.9. The van der Waals surface area contributed by atoms with Crippen LogP contribution in [0.2, 0.25) is 0 Å². The number of fused-ring (bicyclic) bond motifs is 5. The first-order valence-corrected chi connectivity index (χ1v) is 21.2. The standard InChI is InChI=1S/C45H78O2/c1-7-8-9-10-11-12-13-14-15-16-17-18-19-20-21-25-43(46)47-38-30-32-44(5)37(34-38)26-27-39-41-29-28-40(36(4)24-22-23-35(2)3)45(41,6)33-31-42(39)44/h14-15,26,35-36,38-42H,7-13,16-25,27-34H2,1-6H3/b15-14+/t36-,38+,39+,40-,41-,42+,44+,45-/m1/s1. The highest BCUT2D eigenvalue weighted by Crippen LogP contribution is 2.67. The molecule has 4 aliphatic rings. The Bertz CT molecular complexity index is 976. The lowest BCUT2D eigenvalue weighted by molar-refractivity contribution is -0.151. The minimum absolute atomic E-state index is 0.0541. The van der Waals surface area contributed by atoms with Crippen molar-refractivity contribution in [1.29, 1.82) is 0 Å². The van der Waals surface area contributed by atoms with Gasteiger partial charge in [-0.25, -0.2) is 0 Å². The molecule has 0 aliphatic heterocycles. The summed E-state index contributed by atoms with van der Waals surface area (Å²) in [5.41, 5.74) is 2.53. The fourth-order valence-electron chi connectivity index (χ4n) is 11.3. The number of unbranched alkanes of at least 4 members (excludes halogenated alkanes) is 11. The van der Waals surface area contributed by atoms with E-state index in [1.165, 1.54) is 128 Å². The number of hydrogen-bond acceptors (Lipinski definition) is 2. The number of hydrogen-bond donors (Lipinski definition) is 0. The highest BCUT2D eigenvalue weighted by atomic mass is 16.5. The molecule has 8 atom stereocenters. The Morgan fingerprint density at radius 1 is 0.809 bits per heavy atom. The van der Waals surface area contributed by atoms with Gasteiger partial charge in [-0.05, 0) is 123 Å². The zero-order chi connectivity index (χ0) is 33.7. The van der Waals surface area contributed by atoms with Gasteiger partial charge in [-0.3, -0.25) is 4.79 Å². The number of allylic oxidation sites excluding steroid dienone is 3. The molecule has 0 spiro atoms. The summed E-state index contributed by atoms with van der Waals surface area (Å²) < 4.78 is 6.12. The van der Waals surface area contributed by atoms with Crippen molar-refractivity contribution in [3.05, 3.63) is 23.8 Å². The van der Waals surface area contributed by atoms with Crippen LogP contribution in [0.15, 0.2) is 23.8 Å². The van der Waals surface area contributed by atoms with E-state index in [0.29, 0.717) is 17.3 Å². The van der Waals surface area contributed by atoms with Gasteiger partial charge in [0, 0.05) is 12.8 Å². The van der Waals surface area contributed by atoms with Crippen LogP contribution in [-0.4, -0.2) is 12.1 Å². The fourth-order valence-corrected chi connectivity index (χ4v) is 11.3. The average molecular weight is 651 g/mol. The molecule has 0 bridgehead atoms. The molecule has 0 amide bonds. The zero-order valence-corrected chi connectivity index (χ0v) is 32.3. The summed E-state index contributed by atoms with van der Waals surface area (Å²) in [6.07, 6.45) is 39.5. The molecule has 3 fully saturated rings. The monoisotopic (exact) mass is 651 g/mol. The van der Waals surface area contributed by atoms with Gasteiger partial charge in [-0.2, -0.15) is 0 Å². The van der Waals surface area contributed by atoms with Crippen LogP contribution in [-0.2, 0) is 9.53 Å². The predicted octanol–water partition coefficient (Wildman–Crippen LogP) is 14.0. The van der Waals surface area contributed by atoms with Crippen molar-refractivity contribution >= 4 is 5.97 Å². The molecule has 0 aromatic heterocycles. The van der Waals surface area contributed by atoms with Crippen LogP contribution in [0, 0.1) is 46.3 Å². The summed E-state index contributed by atoms with van der Waals surface area (Å²) >= 11 is 0. The quantitative estimate of drug-likeness (QED) is 0.0702. The SMILES string of the molecule is CCCCCCCC/C=C/CCCCCCCC(=O)O[C@H]1CC[C@@]2(C)C(=CC[C@H]3[C@H]4CC[C@H]([C@H](C)CCCC(C)C)[C@@]4(C)CC[C@@H]32)C1. The Morgan fingerprint density at radius 3 is 2.19 bits per heavy atom. The lowest BCUT2D eigenvalue weighted by atomic mass is 9.47. The van der Waals surface area contributed by atoms with Gasteiger partial charge >= 0.3 is 5.97 Å². The second-order valence-corrected chi connectivity index (χ2v) is 18.0. The van der Waals surface area contributed by atoms with Crippen LogP contribution in [0.25, 0.3) is 0 Å². The van der Waals surface area contributed by atoms with Crippen molar-refractivity contribution in [2.45, 2.75) is 208 Å². The Morgan fingerprint density at radius 2 is 1.49 bits per heavy atom. The van der Waals surface area contributed by atoms with Gasteiger partial charge in [0.25, 0.3) is 0 Å². The first-order valence-electron chi connectivity index (χ1n) is 21.2. The van der Waals surface area contributed by atoms with Gasteiger partial charge < -0.3 is 4.74 Å². The smallest absolute Gasteiger partial charge is 0.306 e. The molecule has 0 saturated heterocycles. The Labute approximate surface area is 293 Å². The first-order chi connectivity index (χ1) is 22.7.